The summed E-state index contributed by atoms with van der Waals surface area (Å²) in [6.07, 6.45) is 0.751. The number of piperidine rings is 1. The predicted octanol–water partition coefficient (Wildman–Crippen LogP) is 3.68. The van der Waals surface area contributed by atoms with Gasteiger partial charge in [0.25, 0.3) is 5.91 Å². The molecular formula is C13H14BrClFNO. The second kappa shape index (κ2) is 5.57. The van der Waals surface area contributed by atoms with Gasteiger partial charge in [0.1, 0.15) is 5.82 Å². The van der Waals surface area contributed by atoms with E-state index in [0.717, 1.165) is 6.42 Å². The molecule has 2 atom stereocenters. The Morgan fingerprint density at radius 1 is 1.56 bits per heavy atom. The Labute approximate surface area is 119 Å². The van der Waals surface area contributed by atoms with Gasteiger partial charge in [-0.25, -0.2) is 4.39 Å². The first-order valence-corrected chi connectivity index (χ1v) is 7.11. The van der Waals surface area contributed by atoms with E-state index in [1.807, 2.05) is 6.92 Å². The van der Waals surface area contributed by atoms with Crippen molar-refractivity contribution in [3.05, 3.63) is 34.1 Å². The molecule has 1 heterocycles. The van der Waals surface area contributed by atoms with Crippen LogP contribution in [0.1, 0.15) is 23.7 Å². The molecule has 1 aromatic carbocycles. The maximum Gasteiger partial charge on any atom is 0.257 e. The summed E-state index contributed by atoms with van der Waals surface area (Å²) >= 11 is 9.35. The molecule has 0 spiro atoms. The van der Waals surface area contributed by atoms with Gasteiger partial charge in [0.15, 0.2) is 0 Å². The number of hydrogen-bond acceptors (Lipinski definition) is 1. The molecule has 2 unspecified atom stereocenters. The summed E-state index contributed by atoms with van der Waals surface area (Å²) in [6, 6.07) is 4.55. The van der Waals surface area contributed by atoms with Crippen molar-refractivity contribution in [2.45, 2.75) is 18.7 Å². The Hall–Kier alpha value is -0.610. The Kier molecular flexibility index (Phi) is 4.28. The third-order valence-corrected chi connectivity index (χ3v) is 4.57. The lowest BCUT2D eigenvalue weighted by molar-refractivity contribution is 0.0681. The van der Waals surface area contributed by atoms with Crippen molar-refractivity contribution in [2.24, 2.45) is 5.92 Å². The maximum atomic E-state index is 13.7. The fourth-order valence-electron chi connectivity index (χ4n) is 2.16. The molecule has 0 aromatic heterocycles. The fraction of sp³-hybridized carbons (Fsp3) is 0.462. The van der Waals surface area contributed by atoms with Crippen molar-refractivity contribution in [3.63, 3.8) is 0 Å². The van der Waals surface area contributed by atoms with Gasteiger partial charge in [-0.2, -0.15) is 0 Å². The number of alkyl halides is 1. The number of halogens is 3. The van der Waals surface area contributed by atoms with Crippen LogP contribution in [0.15, 0.2) is 22.7 Å². The Bertz CT molecular complexity index is 448. The van der Waals surface area contributed by atoms with Crippen molar-refractivity contribution in [2.75, 3.05) is 13.1 Å². The number of hydrogen-bond donors (Lipinski definition) is 0. The molecule has 1 saturated heterocycles. The third kappa shape index (κ3) is 2.69. The summed E-state index contributed by atoms with van der Waals surface area (Å²) < 4.78 is 14.2. The molecule has 0 radical (unpaired) electrons. The predicted molar refractivity (Wildman–Crippen MR) is 73.4 cm³/mol. The Balaban J connectivity index is 2.22. The van der Waals surface area contributed by atoms with Gasteiger partial charge in [0.2, 0.25) is 0 Å². The van der Waals surface area contributed by atoms with Gasteiger partial charge in [-0.05, 0) is 40.4 Å². The Morgan fingerprint density at radius 3 is 2.89 bits per heavy atom. The molecule has 1 aliphatic rings. The highest BCUT2D eigenvalue weighted by Crippen LogP contribution is 2.26. The van der Waals surface area contributed by atoms with Gasteiger partial charge in [0, 0.05) is 22.9 Å². The van der Waals surface area contributed by atoms with E-state index in [4.69, 9.17) is 11.6 Å². The molecule has 0 bridgehead atoms. The zero-order chi connectivity index (χ0) is 13.3. The van der Waals surface area contributed by atoms with Gasteiger partial charge in [0.05, 0.1) is 5.56 Å². The van der Waals surface area contributed by atoms with Crippen LogP contribution in [-0.4, -0.2) is 29.3 Å². The number of amides is 1. The van der Waals surface area contributed by atoms with Crippen LogP contribution in [0.2, 0.25) is 0 Å². The summed E-state index contributed by atoms with van der Waals surface area (Å²) in [5.74, 6) is -0.527. The molecular weight excluding hydrogens is 321 g/mol. The van der Waals surface area contributed by atoms with Crippen molar-refractivity contribution in [1.82, 2.24) is 4.90 Å². The van der Waals surface area contributed by atoms with Gasteiger partial charge in [-0.15, -0.1) is 11.6 Å². The number of benzene rings is 1. The average molecular weight is 335 g/mol. The zero-order valence-electron chi connectivity index (χ0n) is 10.00. The minimum absolute atomic E-state index is 0.0955. The smallest absolute Gasteiger partial charge is 0.257 e. The van der Waals surface area contributed by atoms with E-state index < -0.39 is 5.82 Å². The summed E-state index contributed by atoms with van der Waals surface area (Å²) in [7, 11) is 0. The first-order valence-electron chi connectivity index (χ1n) is 5.88. The van der Waals surface area contributed by atoms with E-state index in [1.165, 1.54) is 6.07 Å². The first-order chi connectivity index (χ1) is 8.50. The second-order valence-corrected chi connectivity index (χ2v) is 6.04. The van der Waals surface area contributed by atoms with Gasteiger partial charge in [-0.1, -0.05) is 13.0 Å². The summed E-state index contributed by atoms with van der Waals surface area (Å²) in [4.78, 5) is 14.0. The quantitative estimate of drug-likeness (QED) is 0.718. The van der Waals surface area contributed by atoms with Crippen molar-refractivity contribution >= 4 is 33.4 Å². The van der Waals surface area contributed by atoms with Crippen LogP contribution in [0.25, 0.3) is 0 Å². The normalized spacial score (nSPS) is 24.1. The molecule has 1 fully saturated rings. The van der Waals surface area contributed by atoms with Crippen LogP contribution in [0.4, 0.5) is 4.39 Å². The lowest BCUT2D eigenvalue weighted by Crippen LogP contribution is -2.43. The Morgan fingerprint density at radius 2 is 2.28 bits per heavy atom. The zero-order valence-corrected chi connectivity index (χ0v) is 12.3. The van der Waals surface area contributed by atoms with Gasteiger partial charge in [-0.3, -0.25) is 4.79 Å². The minimum Gasteiger partial charge on any atom is -0.338 e. The molecule has 5 heteroatoms. The fourth-order valence-corrected chi connectivity index (χ4v) is 2.85. The lowest BCUT2D eigenvalue weighted by atomic mass is 9.99. The van der Waals surface area contributed by atoms with Crippen LogP contribution in [0.5, 0.6) is 0 Å². The second-order valence-electron chi connectivity index (χ2n) is 4.63. The van der Waals surface area contributed by atoms with E-state index in [-0.39, 0.29) is 22.8 Å². The number of likely N-dealkylation sites (tertiary alicyclic amines) is 1. The van der Waals surface area contributed by atoms with Crippen LogP contribution in [-0.2, 0) is 0 Å². The molecule has 18 heavy (non-hydrogen) atoms. The molecule has 98 valence electrons. The highest BCUT2D eigenvalue weighted by atomic mass is 79.9. The van der Waals surface area contributed by atoms with Gasteiger partial charge < -0.3 is 4.90 Å². The summed E-state index contributed by atoms with van der Waals surface area (Å²) in [5, 5.41) is 0.0955. The van der Waals surface area contributed by atoms with Crippen LogP contribution < -0.4 is 0 Å². The maximum absolute atomic E-state index is 13.7. The van der Waals surface area contributed by atoms with E-state index in [2.05, 4.69) is 15.9 Å². The molecule has 0 aliphatic carbocycles. The van der Waals surface area contributed by atoms with E-state index in [9.17, 15) is 9.18 Å². The SMILES string of the molecule is CC1CN(C(=O)c2c(F)cccc2Br)CCC1Cl. The first kappa shape index (κ1) is 13.8. The van der Waals surface area contributed by atoms with E-state index >= 15 is 0 Å². The summed E-state index contributed by atoms with van der Waals surface area (Å²) in [6.45, 7) is 3.17. The van der Waals surface area contributed by atoms with Gasteiger partial charge >= 0.3 is 0 Å². The lowest BCUT2D eigenvalue weighted by Gasteiger charge is -2.34. The number of rotatable bonds is 1. The molecule has 1 amide bonds. The molecule has 1 aliphatic heterocycles. The van der Waals surface area contributed by atoms with E-state index in [0.29, 0.717) is 17.6 Å². The van der Waals surface area contributed by atoms with Crippen LogP contribution in [0, 0.1) is 11.7 Å². The summed E-state index contributed by atoms with van der Waals surface area (Å²) in [5.41, 5.74) is 0.109. The highest BCUT2D eigenvalue weighted by Gasteiger charge is 2.29. The average Bonchev–Trinajstić information content (AvgIpc) is 2.32. The monoisotopic (exact) mass is 333 g/mol. The minimum atomic E-state index is -0.491. The third-order valence-electron chi connectivity index (χ3n) is 3.26. The topological polar surface area (TPSA) is 20.3 Å². The van der Waals surface area contributed by atoms with E-state index in [1.54, 1.807) is 17.0 Å². The molecule has 2 nitrogen and oxygen atoms in total. The van der Waals surface area contributed by atoms with Crippen molar-refractivity contribution in [1.29, 1.82) is 0 Å². The number of nitrogens with zero attached hydrogens (tertiary/aromatic N) is 1. The van der Waals surface area contributed by atoms with Crippen molar-refractivity contribution < 1.29 is 9.18 Å². The van der Waals surface area contributed by atoms with Crippen LogP contribution in [0.3, 0.4) is 0 Å². The molecule has 2 rings (SSSR count). The number of carbonyl (C=O) groups excluding carboxylic acids is 1. The largest absolute Gasteiger partial charge is 0.338 e. The highest BCUT2D eigenvalue weighted by molar-refractivity contribution is 9.10. The van der Waals surface area contributed by atoms with Crippen molar-refractivity contribution in [3.8, 4) is 0 Å². The molecule has 1 aromatic rings. The van der Waals surface area contributed by atoms with Crippen LogP contribution >= 0.6 is 27.5 Å². The number of carbonyl (C=O) groups is 1. The molecule has 0 saturated carbocycles. The standard InChI is InChI=1S/C13H14BrClFNO/c1-8-7-17(6-5-10(8)15)13(18)12-9(14)3-2-4-11(12)16/h2-4,8,10H,5-7H2,1H3. The molecule has 0 N–H and O–H groups in total.